The first-order chi connectivity index (χ1) is 22.3. The molecule has 13 nitrogen and oxygen atoms in total. The summed E-state index contributed by atoms with van der Waals surface area (Å²) in [7, 11) is 0. The zero-order valence-corrected chi connectivity index (χ0v) is 28.2. The van der Waals surface area contributed by atoms with Gasteiger partial charge >= 0.3 is 29.8 Å². The lowest BCUT2D eigenvalue weighted by Gasteiger charge is -2.58. The van der Waals surface area contributed by atoms with Gasteiger partial charge in [-0.15, -0.1) is 0 Å². The lowest BCUT2D eigenvalue weighted by Crippen LogP contribution is -2.70. The van der Waals surface area contributed by atoms with Crippen LogP contribution < -0.4 is 0 Å². The molecule has 0 radical (unpaired) electrons. The van der Waals surface area contributed by atoms with Gasteiger partial charge in [0.25, 0.3) is 0 Å². The standard InChI is InChI=1S/C35H44O13/c1-17-13-34(43)25(26(17)47-29(42)21-11-9-8-10-12-21)28(46-24(40)16-36)35(48-20(4)39)14-22-23(15-32(5,6)27(22)41)33(7,30(34)44-18(2)37)31(35)45-19(3)38/h8-12,17,22-23,25-26,28,30-31,36,43H,13-16H2,1-7H3/t17-,22+,23-,25+,26-,28+,30+,31?,33+,34+,35+/m1/s1. The van der Waals surface area contributed by atoms with Gasteiger partial charge in [0.05, 0.1) is 16.9 Å². The third-order valence-corrected chi connectivity index (χ3v) is 11.1. The van der Waals surface area contributed by atoms with Crippen molar-refractivity contribution < 1.29 is 62.7 Å². The number of aliphatic hydroxyl groups is 2. The molecule has 11 atom stereocenters. The van der Waals surface area contributed by atoms with Crippen LogP contribution in [0.3, 0.4) is 0 Å². The van der Waals surface area contributed by atoms with E-state index in [1.165, 1.54) is 12.1 Å². The number of aliphatic hydroxyl groups excluding tert-OH is 1. The van der Waals surface area contributed by atoms with Crippen LogP contribution in [-0.4, -0.2) is 88.1 Å². The Bertz CT molecular complexity index is 1500. The van der Waals surface area contributed by atoms with Crippen molar-refractivity contribution >= 4 is 35.6 Å². The summed E-state index contributed by atoms with van der Waals surface area (Å²) in [6, 6.07) is 8.06. The van der Waals surface area contributed by atoms with Crippen LogP contribution in [0.4, 0.5) is 0 Å². The van der Waals surface area contributed by atoms with E-state index in [4.69, 9.17) is 23.7 Å². The highest BCUT2D eigenvalue weighted by Crippen LogP contribution is 2.69. The van der Waals surface area contributed by atoms with Gasteiger partial charge in [-0.1, -0.05) is 45.9 Å². The Hall–Kier alpha value is -3.84. The molecule has 4 fully saturated rings. The molecule has 262 valence electrons. The molecule has 2 N–H and O–H groups in total. The number of hydrogen-bond acceptors (Lipinski definition) is 13. The minimum Gasteiger partial charge on any atom is -0.459 e. The first-order valence-electron chi connectivity index (χ1n) is 16.2. The van der Waals surface area contributed by atoms with E-state index in [-0.39, 0.29) is 30.6 Å². The summed E-state index contributed by atoms with van der Waals surface area (Å²) in [6.45, 7) is 9.09. The molecule has 0 spiro atoms. The van der Waals surface area contributed by atoms with Crippen molar-refractivity contribution in [3.05, 3.63) is 35.9 Å². The number of ketones is 1. The van der Waals surface area contributed by atoms with Gasteiger partial charge in [-0.25, -0.2) is 9.59 Å². The summed E-state index contributed by atoms with van der Waals surface area (Å²) >= 11 is 0. The third kappa shape index (κ3) is 5.48. The summed E-state index contributed by atoms with van der Waals surface area (Å²) < 4.78 is 30.3. The largest absolute Gasteiger partial charge is 0.459 e. The molecule has 0 aromatic heterocycles. The van der Waals surface area contributed by atoms with E-state index in [0.29, 0.717) is 0 Å². The molecule has 0 saturated heterocycles. The van der Waals surface area contributed by atoms with Gasteiger partial charge in [0.2, 0.25) is 0 Å². The molecule has 1 aromatic carbocycles. The van der Waals surface area contributed by atoms with E-state index >= 15 is 0 Å². The highest BCUT2D eigenvalue weighted by atomic mass is 16.6. The van der Waals surface area contributed by atoms with Crippen LogP contribution in [-0.2, 0) is 47.7 Å². The fraction of sp³-hybridized carbons (Fsp3) is 0.657. The number of carbonyl (C=O) groups excluding carboxylic acids is 6. The highest BCUT2D eigenvalue weighted by Gasteiger charge is 2.82. The van der Waals surface area contributed by atoms with E-state index in [2.05, 4.69) is 0 Å². The highest BCUT2D eigenvalue weighted by molar-refractivity contribution is 5.90. The van der Waals surface area contributed by atoms with Crippen molar-refractivity contribution in [2.45, 2.75) is 103 Å². The summed E-state index contributed by atoms with van der Waals surface area (Å²) in [5.74, 6) is -8.37. The molecule has 1 unspecified atom stereocenters. The molecule has 4 aliphatic carbocycles. The summed E-state index contributed by atoms with van der Waals surface area (Å²) in [6.07, 6.45) is -6.36. The molecule has 0 aliphatic heterocycles. The molecule has 2 bridgehead atoms. The van der Waals surface area contributed by atoms with Crippen LogP contribution in [0.5, 0.6) is 0 Å². The van der Waals surface area contributed by atoms with E-state index in [1.807, 2.05) is 0 Å². The fourth-order valence-electron chi connectivity index (χ4n) is 9.62. The molecule has 4 saturated carbocycles. The number of fused-ring (bicyclic) bond motifs is 5. The molecular formula is C35H44O13. The molecule has 48 heavy (non-hydrogen) atoms. The Balaban J connectivity index is 1.86. The summed E-state index contributed by atoms with van der Waals surface area (Å²) in [5.41, 5.74) is -6.71. The second-order valence-electron chi connectivity index (χ2n) is 14.8. The van der Waals surface area contributed by atoms with Crippen LogP contribution >= 0.6 is 0 Å². The second kappa shape index (κ2) is 12.2. The smallest absolute Gasteiger partial charge is 0.338 e. The SMILES string of the molecule is CC(=O)OC1[C@@]2(C)[C@@H]3CC(C)(C)C(=O)[C@H]3C[C@]1(OC(C)=O)[C@@H](OC(=O)CO)[C@@H]1[C@H](OC(=O)c3ccccc3)[C@H](C)C[C@@]1(O)[C@H]2OC(C)=O. The molecule has 0 heterocycles. The Kier molecular flexibility index (Phi) is 9.05. The third-order valence-electron chi connectivity index (χ3n) is 11.1. The van der Waals surface area contributed by atoms with Crippen molar-refractivity contribution in [3.63, 3.8) is 0 Å². The van der Waals surface area contributed by atoms with E-state index in [1.54, 1.807) is 45.9 Å². The predicted octanol–water partition coefficient (Wildman–Crippen LogP) is 2.32. The quantitative estimate of drug-likeness (QED) is 0.318. The van der Waals surface area contributed by atoms with Gasteiger partial charge in [0.1, 0.15) is 30.2 Å². The Labute approximate surface area is 278 Å². The maximum Gasteiger partial charge on any atom is 0.338 e. The van der Waals surface area contributed by atoms with Gasteiger partial charge in [-0.3, -0.25) is 19.2 Å². The minimum atomic E-state index is -2.18. The minimum absolute atomic E-state index is 0.164. The van der Waals surface area contributed by atoms with Gasteiger partial charge in [-0.05, 0) is 36.8 Å². The number of esters is 5. The lowest BCUT2D eigenvalue weighted by atomic mass is 9.53. The van der Waals surface area contributed by atoms with Gasteiger partial charge in [0.15, 0.2) is 17.8 Å². The van der Waals surface area contributed by atoms with Crippen LogP contribution in [0.25, 0.3) is 0 Å². The molecular weight excluding hydrogens is 628 g/mol. The zero-order chi connectivity index (χ0) is 35.6. The van der Waals surface area contributed by atoms with Crippen molar-refractivity contribution in [3.8, 4) is 0 Å². The number of Topliss-reactive ketones (excluding diaryl/α,β-unsaturated/α-hetero) is 1. The number of rotatable bonds is 7. The van der Waals surface area contributed by atoms with Gasteiger partial charge < -0.3 is 33.9 Å². The van der Waals surface area contributed by atoms with Gasteiger partial charge in [0, 0.05) is 38.5 Å². The Morgan fingerprint density at radius 1 is 0.833 bits per heavy atom. The number of benzene rings is 1. The first-order valence-corrected chi connectivity index (χ1v) is 16.2. The topological polar surface area (TPSA) is 189 Å². The van der Waals surface area contributed by atoms with Crippen molar-refractivity contribution in [2.75, 3.05) is 6.61 Å². The first kappa shape index (κ1) is 35.5. The number of carbonyl (C=O) groups is 6. The van der Waals surface area contributed by atoms with Crippen LogP contribution in [0.2, 0.25) is 0 Å². The van der Waals surface area contributed by atoms with E-state index in [0.717, 1.165) is 20.8 Å². The molecule has 5 rings (SSSR count). The molecule has 13 heteroatoms. The molecule has 4 aliphatic rings. The van der Waals surface area contributed by atoms with Crippen molar-refractivity contribution in [1.29, 1.82) is 0 Å². The zero-order valence-electron chi connectivity index (χ0n) is 28.2. The summed E-state index contributed by atoms with van der Waals surface area (Å²) in [5, 5.41) is 23.0. The van der Waals surface area contributed by atoms with Crippen LogP contribution in [0, 0.1) is 34.5 Å². The summed E-state index contributed by atoms with van der Waals surface area (Å²) in [4.78, 5) is 79.8. The van der Waals surface area contributed by atoms with Crippen molar-refractivity contribution in [1.82, 2.24) is 0 Å². The fourth-order valence-corrected chi connectivity index (χ4v) is 9.62. The Morgan fingerprint density at radius 3 is 2.00 bits per heavy atom. The number of ether oxygens (including phenoxy) is 5. The van der Waals surface area contributed by atoms with Crippen LogP contribution in [0.1, 0.15) is 78.1 Å². The molecule has 0 amide bonds. The molecule has 1 aromatic rings. The Morgan fingerprint density at radius 2 is 1.44 bits per heavy atom. The second-order valence-corrected chi connectivity index (χ2v) is 14.8. The monoisotopic (exact) mass is 672 g/mol. The predicted molar refractivity (Wildman–Crippen MR) is 164 cm³/mol. The average Bonchev–Trinajstić information content (AvgIpc) is 3.38. The average molecular weight is 673 g/mol. The maximum absolute atomic E-state index is 14.1. The van der Waals surface area contributed by atoms with Crippen LogP contribution in [0.15, 0.2) is 30.3 Å². The lowest BCUT2D eigenvalue weighted by molar-refractivity contribution is -0.269. The van der Waals surface area contributed by atoms with E-state index < -0.39 is 107 Å². The number of hydrogen-bond donors (Lipinski definition) is 2. The van der Waals surface area contributed by atoms with Crippen molar-refractivity contribution in [2.24, 2.45) is 34.5 Å². The van der Waals surface area contributed by atoms with Gasteiger partial charge in [-0.2, -0.15) is 0 Å². The normalized spacial score (nSPS) is 39.2. The van der Waals surface area contributed by atoms with E-state index in [9.17, 15) is 39.0 Å². The maximum atomic E-state index is 14.1.